The summed E-state index contributed by atoms with van der Waals surface area (Å²) in [5.74, 6) is 8.95. The van der Waals surface area contributed by atoms with Gasteiger partial charge < -0.3 is 10.2 Å². The van der Waals surface area contributed by atoms with E-state index in [4.69, 9.17) is 16.5 Å². The van der Waals surface area contributed by atoms with Crippen molar-refractivity contribution in [3.8, 4) is 24.2 Å². The van der Waals surface area contributed by atoms with Crippen LogP contribution in [-0.4, -0.2) is 45.8 Å². The van der Waals surface area contributed by atoms with E-state index in [1.807, 2.05) is 30.3 Å². The third kappa shape index (κ3) is 3.68. The summed E-state index contributed by atoms with van der Waals surface area (Å²) in [6, 6.07) is 13.6. The molecule has 0 radical (unpaired) electrons. The Balaban J connectivity index is 1.79. The Labute approximate surface area is 172 Å². The number of aliphatic hydroxyl groups is 2. The predicted octanol–water partition coefficient (Wildman–Crippen LogP) is 2.32. The van der Waals surface area contributed by atoms with E-state index in [2.05, 4.69) is 34.8 Å². The number of nitrogens with zero attached hydrogens (tertiary/aromatic N) is 2. The highest BCUT2D eigenvalue weighted by Gasteiger charge is 2.54. The van der Waals surface area contributed by atoms with Crippen molar-refractivity contribution in [2.75, 3.05) is 19.7 Å². The second kappa shape index (κ2) is 8.39. The van der Waals surface area contributed by atoms with Gasteiger partial charge >= 0.3 is 0 Å². The molecule has 1 aromatic carbocycles. The average molecular weight is 386 g/mol. The minimum Gasteiger partial charge on any atom is -0.395 e. The summed E-state index contributed by atoms with van der Waals surface area (Å²) in [4.78, 5) is 7.03. The number of hydrogen-bond acceptors (Lipinski definition) is 4. The van der Waals surface area contributed by atoms with Crippen LogP contribution in [0.15, 0.2) is 42.5 Å². The molecule has 0 saturated carbocycles. The third-order valence-electron chi connectivity index (χ3n) is 6.17. The lowest BCUT2D eigenvalue weighted by Gasteiger charge is -2.54. The van der Waals surface area contributed by atoms with E-state index in [0.717, 1.165) is 42.8 Å². The van der Waals surface area contributed by atoms with Gasteiger partial charge in [0.25, 0.3) is 0 Å². The van der Waals surface area contributed by atoms with Gasteiger partial charge in [-0.25, -0.2) is 4.98 Å². The van der Waals surface area contributed by atoms with Crippen LogP contribution in [0.4, 0.5) is 0 Å². The lowest BCUT2D eigenvalue weighted by Crippen LogP contribution is -2.63. The molecule has 3 aliphatic rings. The van der Waals surface area contributed by atoms with Crippen molar-refractivity contribution < 1.29 is 10.2 Å². The van der Waals surface area contributed by atoms with Gasteiger partial charge in [0.05, 0.1) is 12.3 Å². The molecule has 4 nitrogen and oxygen atoms in total. The SMILES string of the molecule is C#CC1N2CCC(CC2)C1(O)c1ccc(C#CCCO)nc1Cc1ccccc1. The monoisotopic (exact) mass is 386 g/mol. The molecule has 1 aromatic heterocycles. The van der Waals surface area contributed by atoms with Gasteiger partial charge in [-0.3, -0.25) is 4.90 Å². The van der Waals surface area contributed by atoms with Crippen LogP contribution in [0.3, 0.4) is 0 Å². The molecule has 4 heterocycles. The standard InChI is InChI=1S/C25H26N2O2/c1-2-24-25(29,20-13-15-27(24)16-14-20)22-12-11-21(10-6-7-17-28)26-23(22)18-19-8-4-3-5-9-19/h1,3-5,8-9,11-12,20,24,28-29H,7,13-18H2. The molecule has 2 atom stereocenters. The van der Waals surface area contributed by atoms with E-state index in [0.29, 0.717) is 18.5 Å². The highest BCUT2D eigenvalue weighted by molar-refractivity contribution is 5.41. The highest BCUT2D eigenvalue weighted by Crippen LogP contribution is 2.47. The minimum atomic E-state index is -1.10. The van der Waals surface area contributed by atoms with Crippen LogP contribution in [0, 0.1) is 30.1 Å². The summed E-state index contributed by atoms with van der Waals surface area (Å²) >= 11 is 0. The fraction of sp³-hybridized carbons (Fsp3) is 0.400. The number of pyridine rings is 1. The second-order valence-corrected chi connectivity index (χ2v) is 7.83. The highest BCUT2D eigenvalue weighted by atomic mass is 16.3. The van der Waals surface area contributed by atoms with Crippen molar-refractivity contribution in [3.05, 3.63) is 65.0 Å². The van der Waals surface area contributed by atoms with Crippen LogP contribution in [0.5, 0.6) is 0 Å². The molecule has 148 valence electrons. The van der Waals surface area contributed by atoms with E-state index in [-0.39, 0.29) is 18.6 Å². The maximum atomic E-state index is 12.0. The molecule has 2 bridgehead atoms. The number of rotatable bonds is 4. The van der Waals surface area contributed by atoms with Crippen molar-refractivity contribution in [1.82, 2.24) is 9.88 Å². The Kier molecular flexibility index (Phi) is 5.69. The molecule has 0 amide bonds. The normalized spacial score (nSPS) is 27.7. The van der Waals surface area contributed by atoms with Crippen molar-refractivity contribution in [1.29, 1.82) is 0 Å². The predicted molar refractivity (Wildman–Crippen MR) is 113 cm³/mol. The maximum Gasteiger partial charge on any atom is 0.121 e. The number of hydrogen-bond donors (Lipinski definition) is 2. The van der Waals surface area contributed by atoms with Gasteiger partial charge in [0.2, 0.25) is 0 Å². The molecule has 2 unspecified atom stereocenters. The summed E-state index contributed by atoms with van der Waals surface area (Å²) in [5.41, 5.74) is 2.33. The Bertz CT molecular complexity index is 962. The number of terminal acetylenes is 1. The summed E-state index contributed by atoms with van der Waals surface area (Å²) in [7, 11) is 0. The van der Waals surface area contributed by atoms with Crippen molar-refractivity contribution >= 4 is 0 Å². The Morgan fingerprint density at radius 1 is 1.14 bits per heavy atom. The maximum absolute atomic E-state index is 12.0. The van der Waals surface area contributed by atoms with Crippen LogP contribution in [-0.2, 0) is 12.0 Å². The first-order valence-electron chi connectivity index (χ1n) is 10.2. The molecule has 3 aliphatic heterocycles. The Morgan fingerprint density at radius 3 is 2.59 bits per heavy atom. The number of benzene rings is 1. The molecule has 0 spiro atoms. The van der Waals surface area contributed by atoms with Crippen LogP contribution in [0.2, 0.25) is 0 Å². The largest absolute Gasteiger partial charge is 0.395 e. The molecule has 5 rings (SSSR count). The molecular formula is C25H26N2O2. The van der Waals surface area contributed by atoms with E-state index in [1.54, 1.807) is 0 Å². The fourth-order valence-electron chi connectivity index (χ4n) is 4.77. The second-order valence-electron chi connectivity index (χ2n) is 7.83. The average Bonchev–Trinajstić information content (AvgIpc) is 2.75. The molecule has 0 aliphatic carbocycles. The van der Waals surface area contributed by atoms with E-state index >= 15 is 0 Å². The van der Waals surface area contributed by atoms with Gasteiger partial charge in [-0.05, 0) is 49.4 Å². The zero-order valence-electron chi connectivity index (χ0n) is 16.5. The molecule has 3 fully saturated rings. The number of fused-ring (bicyclic) bond motifs is 3. The Hall–Kier alpha value is -2.63. The number of piperidine rings is 3. The van der Waals surface area contributed by atoms with Crippen LogP contribution < -0.4 is 0 Å². The number of aromatic nitrogens is 1. The molecule has 2 aromatic rings. The quantitative estimate of drug-likeness (QED) is 0.792. The van der Waals surface area contributed by atoms with Gasteiger partial charge in [-0.15, -0.1) is 6.42 Å². The zero-order chi connectivity index (χ0) is 20.3. The summed E-state index contributed by atoms with van der Waals surface area (Å²) in [5, 5.41) is 20.9. The van der Waals surface area contributed by atoms with Crippen LogP contribution in [0.1, 0.15) is 41.8 Å². The summed E-state index contributed by atoms with van der Waals surface area (Å²) in [6.45, 7) is 1.91. The lowest BCUT2D eigenvalue weighted by atomic mass is 9.66. The molecule has 2 N–H and O–H groups in total. The van der Waals surface area contributed by atoms with Gasteiger partial charge in [0, 0.05) is 18.4 Å². The first-order chi connectivity index (χ1) is 14.2. The minimum absolute atomic E-state index is 0.0308. The van der Waals surface area contributed by atoms with Crippen LogP contribution >= 0.6 is 0 Å². The molecular weight excluding hydrogens is 360 g/mol. The van der Waals surface area contributed by atoms with Gasteiger partial charge in [0.15, 0.2) is 0 Å². The summed E-state index contributed by atoms with van der Waals surface area (Å²) in [6.07, 6.45) is 8.81. The smallest absolute Gasteiger partial charge is 0.121 e. The summed E-state index contributed by atoms with van der Waals surface area (Å²) < 4.78 is 0. The van der Waals surface area contributed by atoms with E-state index < -0.39 is 5.60 Å². The van der Waals surface area contributed by atoms with Crippen molar-refractivity contribution in [2.24, 2.45) is 5.92 Å². The van der Waals surface area contributed by atoms with Crippen molar-refractivity contribution in [3.63, 3.8) is 0 Å². The third-order valence-corrected chi connectivity index (χ3v) is 6.17. The molecule has 3 saturated heterocycles. The van der Waals surface area contributed by atoms with Gasteiger partial charge in [-0.1, -0.05) is 48.2 Å². The molecule has 29 heavy (non-hydrogen) atoms. The van der Waals surface area contributed by atoms with Crippen LogP contribution in [0.25, 0.3) is 0 Å². The number of aliphatic hydroxyl groups excluding tert-OH is 1. The van der Waals surface area contributed by atoms with E-state index in [1.165, 1.54) is 0 Å². The van der Waals surface area contributed by atoms with Gasteiger partial charge in [-0.2, -0.15) is 0 Å². The van der Waals surface area contributed by atoms with E-state index in [9.17, 15) is 5.11 Å². The fourth-order valence-corrected chi connectivity index (χ4v) is 4.77. The van der Waals surface area contributed by atoms with Crippen molar-refractivity contribution in [2.45, 2.75) is 37.3 Å². The Morgan fingerprint density at radius 2 is 1.90 bits per heavy atom. The first-order valence-corrected chi connectivity index (χ1v) is 10.2. The first kappa shape index (κ1) is 19.7. The van der Waals surface area contributed by atoms with Gasteiger partial charge in [0.1, 0.15) is 17.3 Å². The topological polar surface area (TPSA) is 56.6 Å². The molecule has 4 heteroatoms. The lowest BCUT2D eigenvalue weighted by molar-refractivity contribution is -0.143. The zero-order valence-corrected chi connectivity index (χ0v) is 16.5.